The smallest absolute Gasteiger partial charge is 0.331 e. The highest BCUT2D eigenvalue weighted by atomic mass is 16.5. The van der Waals surface area contributed by atoms with Gasteiger partial charge >= 0.3 is 6.03 Å². The average molecular weight is 362 g/mol. The molecule has 1 saturated heterocycles. The molecule has 0 saturated carbocycles. The van der Waals surface area contributed by atoms with E-state index in [1.54, 1.807) is 43.5 Å². The number of rotatable bonds is 5. The number of allylic oxidation sites excluding steroid dienone is 2. The summed E-state index contributed by atoms with van der Waals surface area (Å²) in [7, 11) is 1.56. The first-order chi connectivity index (χ1) is 13.1. The standard InChI is InChI=1S/C21H18N2O4/c1-27-17-12-10-16(11-13-17)14-23-20(25)18(19(24)22-21(23)26)9-5-8-15-6-3-2-4-7-15/h2-13H,14H2,1H3,(H,22,24,26)/b8-5+,18-9+. The van der Waals surface area contributed by atoms with Crippen LogP contribution in [0, 0.1) is 0 Å². The number of carbonyl (C=O) groups excluding carboxylic acids is 3. The lowest BCUT2D eigenvalue weighted by molar-refractivity contribution is -0.130. The second-order valence-corrected chi connectivity index (χ2v) is 5.85. The molecule has 2 aromatic carbocycles. The molecule has 0 atom stereocenters. The van der Waals surface area contributed by atoms with Gasteiger partial charge in [0.2, 0.25) is 0 Å². The van der Waals surface area contributed by atoms with Crippen LogP contribution in [-0.4, -0.2) is 29.9 Å². The van der Waals surface area contributed by atoms with Crippen molar-refractivity contribution >= 4 is 23.9 Å². The van der Waals surface area contributed by atoms with Crippen molar-refractivity contribution in [3.8, 4) is 5.75 Å². The average Bonchev–Trinajstić information content (AvgIpc) is 2.69. The van der Waals surface area contributed by atoms with Crippen LogP contribution in [0.5, 0.6) is 5.75 Å². The van der Waals surface area contributed by atoms with Crippen molar-refractivity contribution in [1.29, 1.82) is 0 Å². The zero-order valence-electron chi connectivity index (χ0n) is 14.7. The third kappa shape index (κ3) is 4.30. The Morgan fingerprint density at radius 2 is 1.70 bits per heavy atom. The number of hydrogen-bond donors (Lipinski definition) is 1. The summed E-state index contributed by atoms with van der Waals surface area (Å²) in [5.74, 6) is -0.652. The van der Waals surface area contributed by atoms with E-state index in [1.807, 2.05) is 30.3 Å². The Morgan fingerprint density at radius 1 is 1.00 bits per heavy atom. The summed E-state index contributed by atoms with van der Waals surface area (Å²) in [6.07, 6.45) is 4.80. The Kier molecular flexibility index (Phi) is 5.47. The first kappa shape index (κ1) is 18.1. The largest absolute Gasteiger partial charge is 0.497 e. The van der Waals surface area contributed by atoms with E-state index in [0.29, 0.717) is 5.75 Å². The summed E-state index contributed by atoms with van der Waals surface area (Å²) in [6, 6.07) is 15.7. The molecule has 0 aliphatic carbocycles. The number of methoxy groups -OCH3 is 1. The molecule has 0 radical (unpaired) electrons. The Balaban J connectivity index is 1.78. The number of nitrogens with one attached hydrogen (secondary N) is 1. The molecule has 1 N–H and O–H groups in total. The number of amides is 4. The van der Waals surface area contributed by atoms with Crippen molar-refractivity contribution in [1.82, 2.24) is 10.2 Å². The van der Waals surface area contributed by atoms with Gasteiger partial charge in [0.15, 0.2) is 0 Å². The van der Waals surface area contributed by atoms with Crippen molar-refractivity contribution in [3.63, 3.8) is 0 Å². The molecule has 6 heteroatoms. The van der Waals surface area contributed by atoms with Gasteiger partial charge in [0.1, 0.15) is 11.3 Å². The van der Waals surface area contributed by atoms with E-state index in [1.165, 1.54) is 6.08 Å². The van der Waals surface area contributed by atoms with Gasteiger partial charge in [0.05, 0.1) is 13.7 Å². The highest BCUT2D eigenvalue weighted by molar-refractivity contribution is 6.28. The molecule has 2 aromatic rings. The van der Waals surface area contributed by atoms with Gasteiger partial charge in [0.25, 0.3) is 11.8 Å². The van der Waals surface area contributed by atoms with E-state index in [9.17, 15) is 14.4 Å². The first-order valence-corrected chi connectivity index (χ1v) is 8.32. The van der Waals surface area contributed by atoms with Crippen LogP contribution in [0.1, 0.15) is 11.1 Å². The van der Waals surface area contributed by atoms with Gasteiger partial charge in [-0.2, -0.15) is 0 Å². The molecule has 0 spiro atoms. The Labute approximate surface area is 156 Å². The number of benzene rings is 2. The van der Waals surface area contributed by atoms with Crippen LogP contribution in [-0.2, 0) is 16.1 Å². The third-order valence-electron chi connectivity index (χ3n) is 4.04. The van der Waals surface area contributed by atoms with Crippen LogP contribution >= 0.6 is 0 Å². The van der Waals surface area contributed by atoms with Gasteiger partial charge in [-0.3, -0.25) is 19.8 Å². The summed E-state index contributed by atoms with van der Waals surface area (Å²) in [6.45, 7) is 0.0572. The molecule has 0 bridgehead atoms. The summed E-state index contributed by atoms with van der Waals surface area (Å²) in [5, 5.41) is 2.20. The van der Waals surface area contributed by atoms with Crippen LogP contribution in [0.3, 0.4) is 0 Å². The van der Waals surface area contributed by atoms with E-state index in [4.69, 9.17) is 4.74 Å². The fourth-order valence-electron chi connectivity index (χ4n) is 2.59. The Morgan fingerprint density at radius 3 is 2.37 bits per heavy atom. The molecule has 27 heavy (non-hydrogen) atoms. The normalized spacial score (nSPS) is 16.1. The molecule has 136 valence electrons. The van der Waals surface area contributed by atoms with Crippen LogP contribution in [0.25, 0.3) is 6.08 Å². The minimum atomic E-state index is -0.731. The number of urea groups is 1. The van der Waals surface area contributed by atoms with Crippen molar-refractivity contribution in [2.45, 2.75) is 6.54 Å². The van der Waals surface area contributed by atoms with E-state index in [0.717, 1.165) is 16.0 Å². The van der Waals surface area contributed by atoms with Crippen molar-refractivity contribution < 1.29 is 19.1 Å². The molecule has 1 aliphatic rings. The van der Waals surface area contributed by atoms with Crippen LogP contribution in [0.4, 0.5) is 4.79 Å². The molecule has 4 amide bonds. The predicted octanol–water partition coefficient (Wildman–Crippen LogP) is 2.91. The molecule has 1 aliphatic heterocycles. The lowest BCUT2D eigenvalue weighted by Crippen LogP contribution is -2.53. The van der Waals surface area contributed by atoms with Gasteiger partial charge < -0.3 is 4.74 Å². The van der Waals surface area contributed by atoms with Crippen molar-refractivity contribution in [2.75, 3.05) is 7.11 Å². The van der Waals surface area contributed by atoms with E-state index >= 15 is 0 Å². The van der Waals surface area contributed by atoms with E-state index in [2.05, 4.69) is 5.32 Å². The number of nitrogens with zero attached hydrogens (tertiary/aromatic N) is 1. The molecule has 6 nitrogen and oxygen atoms in total. The summed E-state index contributed by atoms with van der Waals surface area (Å²) >= 11 is 0. The van der Waals surface area contributed by atoms with E-state index in [-0.39, 0.29) is 12.1 Å². The first-order valence-electron chi connectivity index (χ1n) is 8.32. The highest BCUT2D eigenvalue weighted by Gasteiger charge is 2.35. The minimum Gasteiger partial charge on any atom is -0.497 e. The fraction of sp³-hybridized carbons (Fsp3) is 0.0952. The third-order valence-corrected chi connectivity index (χ3v) is 4.04. The molecule has 0 unspecified atom stereocenters. The number of imide groups is 2. The highest BCUT2D eigenvalue weighted by Crippen LogP contribution is 2.17. The molecule has 3 rings (SSSR count). The number of hydrogen-bond acceptors (Lipinski definition) is 4. The summed E-state index contributed by atoms with van der Waals surface area (Å²) in [5.41, 5.74) is 1.59. The Hall–Kier alpha value is -3.67. The molecule has 1 fully saturated rings. The SMILES string of the molecule is COc1ccc(CN2C(=O)NC(=O)/C(=C\C=C\c3ccccc3)C2=O)cc1. The van der Waals surface area contributed by atoms with E-state index < -0.39 is 17.8 Å². The summed E-state index contributed by atoms with van der Waals surface area (Å²) in [4.78, 5) is 37.8. The van der Waals surface area contributed by atoms with Crippen molar-refractivity contribution in [2.24, 2.45) is 0 Å². The second kappa shape index (κ2) is 8.14. The van der Waals surface area contributed by atoms with Gasteiger partial charge in [-0.1, -0.05) is 54.6 Å². The lowest BCUT2D eigenvalue weighted by atomic mass is 10.1. The number of carbonyl (C=O) groups is 3. The molecular weight excluding hydrogens is 344 g/mol. The second-order valence-electron chi connectivity index (χ2n) is 5.85. The fourth-order valence-corrected chi connectivity index (χ4v) is 2.59. The predicted molar refractivity (Wildman–Crippen MR) is 101 cm³/mol. The number of barbiturate groups is 1. The quantitative estimate of drug-likeness (QED) is 0.655. The van der Waals surface area contributed by atoms with Crippen molar-refractivity contribution in [3.05, 3.63) is 83.4 Å². The van der Waals surface area contributed by atoms with Crippen LogP contribution in [0.2, 0.25) is 0 Å². The minimum absolute atomic E-state index is 0.0572. The van der Waals surface area contributed by atoms with Gasteiger partial charge in [0, 0.05) is 0 Å². The molecule has 1 heterocycles. The van der Waals surface area contributed by atoms with Gasteiger partial charge in [-0.25, -0.2) is 4.79 Å². The van der Waals surface area contributed by atoms with Crippen LogP contribution in [0.15, 0.2) is 72.3 Å². The maximum Gasteiger partial charge on any atom is 0.331 e. The Bertz CT molecular complexity index is 915. The molecular formula is C21H18N2O4. The van der Waals surface area contributed by atoms with Gasteiger partial charge in [-0.15, -0.1) is 0 Å². The lowest BCUT2D eigenvalue weighted by Gasteiger charge is -2.26. The zero-order chi connectivity index (χ0) is 19.2. The van der Waals surface area contributed by atoms with Gasteiger partial charge in [-0.05, 0) is 29.3 Å². The topological polar surface area (TPSA) is 75.7 Å². The monoisotopic (exact) mass is 362 g/mol. The maximum atomic E-state index is 12.6. The number of ether oxygens (including phenoxy) is 1. The molecule has 0 aromatic heterocycles. The summed E-state index contributed by atoms with van der Waals surface area (Å²) < 4.78 is 5.09. The zero-order valence-corrected chi connectivity index (χ0v) is 14.7. The van der Waals surface area contributed by atoms with Crippen LogP contribution < -0.4 is 10.1 Å². The maximum absolute atomic E-state index is 12.6.